The second-order valence-corrected chi connectivity index (χ2v) is 5.43. The Kier molecular flexibility index (Phi) is 4.13. The molecular weight excluding hydrogens is 240 g/mol. The van der Waals surface area contributed by atoms with Crippen molar-refractivity contribution in [2.45, 2.75) is 25.7 Å². The molecule has 2 aromatic rings. The van der Waals surface area contributed by atoms with E-state index in [1.165, 1.54) is 36.8 Å². The van der Waals surface area contributed by atoms with E-state index in [1.54, 1.807) is 11.1 Å². The van der Waals surface area contributed by atoms with Crippen LogP contribution in [-0.4, -0.2) is 0 Å². The maximum absolute atomic E-state index is 2.28. The summed E-state index contributed by atoms with van der Waals surface area (Å²) in [4.78, 5) is 0. The lowest BCUT2D eigenvalue weighted by Gasteiger charge is -1.87. The number of benzene rings is 2. The standard InChI is InChI=1S/2C10H10/c2*1-2-4-9(5-3-1)8-10-6-7-10/h2*1-5,8H,6-7H2. The Balaban J connectivity index is 0.000000121. The second kappa shape index (κ2) is 6.38. The van der Waals surface area contributed by atoms with Crippen molar-refractivity contribution in [1.82, 2.24) is 0 Å². The van der Waals surface area contributed by atoms with Crippen LogP contribution in [-0.2, 0) is 0 Å². The van der Waals surface area contributed by atoms with Crippen molar-refractivity contribution in [2.24, 2.45) is 0 Å². The third kappa shape index (κ3) is 4.55. The number of hydrogen-bond acceptors (Lipinski definition) is 0. The van der Waals surface area contributed by atoms with Gasteiger partial charge in [0.1, 0.15) is 0 Å². The highest BCUT2D eigenvalue weighted by atomic mass is 14.2. The Morgan fingerprint density at radius 3 is 1.15 bits per heavy atom. The lowest BCUT2D eigenvalue weighted by molar-refractivity contribution is 1.50. The molecule has 2 saturated carbocycles. The highest BCUT2D eigenvalue weighted by Gasteiger charge is 2.10. The van der Waals surface area contributed by atoms with Crippen LogP contribution in [0.25, 0.3) is 12.2 Å². The molecule has 0 aliphatic heterocycles. The molecule has 0 N–H and O–H groups in total. The van der Waals surface area contributed by atoms with Gasteiger partial charge in [-0.3, -0.25) is 0 Å². The Morgan fingerprint density at radius 1 is 0.500 bits per heavy atom. The zero-order valence-corrected chi connectivity index (χ0v) is 11.8. The number of rotatable bonds is 2. The van der Waals surface area contributed by atoms with Gasteiger partial charge in [-0.15, -0.1) is 0 Å². The lowest BCUT2D eigenvalue weighted by atomic mass is 10.2. The first-order chi connectivity index (χ1) is 9.90. The van der Waals surface area contributed by atoms with Gasteiger partial charge < -0.3 is 0 Å². The molecule has 0 spiro atoms. The van der Waals surface area contributed by atoms with Crippen molar-refractivity contribution in [3.63, 3.8) is 0 Å². The monoisotopic (exact) mass is 260 g/mol. The van der Waals surface area contributed by atoms with Crippen LogP contribution in [0.2, 0.25) is 0 Å². The second-order valence-electron chi connectivity index (χ2n) is 5.43. The summed E-state index contributed by atoms with van der Waals surface area (Å²) in [5, 5.41) is 0. The van der Waals surface area contributed by atoms with Crippen LogP contribution in [0.4, 0.5) is 0 Å². The molecule has 0 saturated heterocycles. The summed E-state index contributed by atoms with van der Waals surface area (Å²) in [6.07, 6.45) is 9.81. The Labute approximate surface area is 121 Å². The Morgan fingerprint density at radius 2 is 0.850 bits per heavy atom. The zero-order valence-electron chi connectivity index (χ0n) is 11.8. The summed E-state index contributed by atoms with van der Waals surface area (Å²) in [5.74, 6) is 0. The normalized spacial score (nSPS) is 15.0. The van der Waals surface area contributed by atoms with Crippen LogP contribution in [0.3, 0.4) is 0 Å². The zero-order chi connectivity index (χ0) is 13.6. The van der Waals surface area contributed by atoms with Gasteiger partial charge in [-0.25, -0.2) is 0 Å². The molecular formula is C20H20. The lowest BCUT2D eigenvalue weighted by Crippen LogP contribution is -1.66. The van der Waals surface area contributed by atoms with Crippen molar-refractivity contribution in [3.05, 3.63) is 82.9 Å². The molecule has 0 aromatic heterocycles. The van der Waals surface area contributed by atoms with Crippen molar-refractivity contribution in [3.8, 4) is 0 Å². The number of hydrogen-bond donors (Lipinski definition) is 0. The first-order valence-corrected chi connectivity index (χ1v) is 7.39. The average Bonchev–Trinajstić information content (AvgIpc) is 3.39. The molecule has 100 valence electrons. The highest BCUT2D eigenvalue weighted by Crippen LogP contribution is 2.30. The summed E-state index contributed by atoms with van der Waals surface area (Å²) in [7, 11) is 0. The molecule has 0 unspecified atom stereocenters. The van der Waals surface area contributed by atoms with E-state index >= 15 is 0 Å². The molecule has 0 bridgehead atoms. The van der Waals surface area contributed by atoms with Gasteiger partial charge in [-0.1, -0.05) is 84.0 Å². The maximum Gasteiger partial charge on any atom is -0.0257 e. The van der Waals surface area contributed by atoms with Crippen LogP contribution in [0.1, 0.15) is 36.8 Å². The average molecular weight is 260 g/mol. The fourth-order valence-electron chi connectivity index (χ4n) is 2.00. The van der Waals surface area contributed by atoms with E-state index in [2.05, 4.69) is 72.8 Å². The summed E-state index contributed by atoms with van der Waals surface area (Å²) in [5.41, 5.74) is 5.86. The van der Waals surface area contributed by atoms with Crippen LogP contribution in [0.5, 0.6) is 0 Å². The Bertz CT molecular complexity index is 534. The van der Waals surface area contributed by atoms with E-state index in [1.807, 2.05) is 0 Å². The van der Waals surface area contributed by atoms with Gasteiger partial charge in [0.25, 0.3) is 0 Å². The minimum absolute atomic E-state index is 1.31. The molecule has 2 aromatic carbocycles. The number of allylic oxidation sites excluding steroid dienone is 2. The van der Waals surface area contributed by atoms with E-state index in [0.29, 0.717) is 0 Å². The van der Waals surface area contributed by atoms with E-state index in [-0.39, 0.29) is 0 Å². The maximum atomic E-state index is 2.28. The minimum Gasteiger partial charge on any atom is -0.0690 e. The molecule has 20 heavy (non-hydrogen) atoms. The van der Waals surface area contributed by atoms with E-state index in [0.717, 1.165) is 0 Å². The van der Waals surface area contributed by atoms with Crippen LogP contribution < -0.4 is 0 Å². The van der Waals surface area contributed by atoms with Gasteiger partial charge in [0.15, 0.2) is 0 Å². The van der Waals surface area contributed by atoms with Crippen molar-refractivity contribution in [1.29, 1.82) is 0 Å². The van der Waals surface area contributed by atoms with Crippen molar-refractivity contribution >= 4 is 12.2 Å². The molecule has 0 atom stereocenters. The Hall–Kier alpha value is -2.08. The topological polar surface area (TPSA) is 0 Å². The molecule has 2 aliphatic rings. The predicted octanol–water partition coefficient (Wildman–Crippen LogP) is 5.73. The molecule has 0 radical (unpaired) electrons. The smallest absolute Gasteiger partial charge is 0.0257 e. The van der Waals surface area contributed by atoms with Gasteiger partial charge in [-0.05, 0) is 36.8 Å². The molecule has 0 heteroatoms. The van der Waals surface area contributed by atoms with E-state index in [9.17, 15) is 0 Å². The summed E-state index contributed by atoms with van der Waals surface area (Å²) in [6, 6.07) is 21.0. The summed E-state index contributed by atoms with van der Waals surface area (Å²) < 4.78 is 0. The van der Waals surface area contributed by atoms with Gasteiger partial charge in [0.05, 0.1) is 0 Å². The minimum atomic E-state index is 1.31. The molecule has 0 nitrogen and oxygen atoms in total. The van der Waals surface area contributed by atoms with Gasteiger partial charge in [0, 0.05) is 0 Å². The fraction of sp³-hybridized carbons (Fsp3) is 0.200. The van der Waals surface area contributed by atoms with Crippen molar-refractivity contribution in [2.75, 3.05) is 0 Å². The molecule has 0 heterocycles. The summed E-state index contributed by atoms with van der Waals surface area (Å²) >= 11 is 0. The molecule has 2 fully saturated rings. The molecule has 0 amide bonds. The summed E-state index contributed by atoms with van der Waals surface area (Å²) in [6.45, 7) is 0. The largest absolute Gasteiger partial charge is 0.0690 e. The quantitative estimate of drug-likeness (QED) is 0.647. The van der Waals surface area contributed by atoms with E-state index < -0.39 is 0 Å². The first kappa shape index (κ1) is 12.9. The fourth-order valence-corrected chi connectivity index (χ4v) is 2.00. The molecule has 2 aliphatic carbocycles. The van der Waals surface area contributed by atoms with Crippen LogP contribution >= 0.6 is 0 Å². The van der Waals surface area contributed by atoms with Gasteiger partial charge in [-0.2, -0.15) is 0 Å². The van der Waals surface area contributed by atoms with Gasteiger partial charge >= 0.3 is 0 Å². The predicted molar refractivity (Wildman–Crippen MR) is 87.3 cm³/mol. The van der Waals surface area contributed by atoms with Crippen molar-refractivity contribution < 1.29 is 0 Å². The highest BCUT2D eigenvalue weighted by molar-refractivity contribution is 5.56. The van der Waals surface area contributed by atoms with E-state index in [4.69, 9.17) is 0 Å². The van der Waals surface area contributed by atoms with Gasteiger partial charge in [0.2, 0.25) is 0 Å². The first-order valence-electron chi connectivity index (χ1n) is 7.39. The van der Waals surface area contributed by atoms with Crippen LogP contribution in [0.15, 0.2) is 71.8 Å². The SMILES string of the molecule is C(=C1CC1)c1ccccc1.C(=C1CC1)c1ccccc1. The third-order valence-electron chi connectivity index (χ3n) is 3.42. The molecule has 4 rings (SSSR count). The van der Waals surface area contributed by atoms with Crippen LogP contribution in [0, 0.1) is 0 Å². The third-order valence-corrected chi connectivity index (χ3v) is 3.42.